The minimum Gasteiger partial charge on any atom is -0.377 e. The smallest absolute Gasteiger partial charge is 0.0736 e. The molecule has 0 bridgehead atoms. The zero-order chi connectivity index (χ0) is 17.7. The lowest BCUT2D eigenvalue weighted by Gasteiger charge is -2.43. The topological polar surface area (TPSA) is 34.6 Å². The number of hydrogen-bond acceptors (Lipinski definition) is 4. The molecule has 1 aromatic heterocycles. The first-order valence-corrected chi connectivity index (χ1v) is 10.7. The van der Waals surface area contributed by atoms with Crippen molar-refractivity contribution >= 4 is 0 Å². The van der Waals surface area contributed by atoms with Crippen LogP contribution >= 0.6 is 0 Å². The average Bonchev–Trinajstić information content (AvgIpc) is 3.32. The Kier molecular flexibility index (Phi) is 6.24. The first kappa shape index (κ1) is 18.4. The fraction of sp³-hybridized carbons (Fsp3) is 0.773. The molecule has 144 valence electrons. The predicted molar refractivity (Wildman–Crippen MR) is 103 cm³/mol. The van der Waals surface area contributed by atoms with Crippen molar-refractivity contribution in [1.29, 1.82) is 0 Å². The van der Waals surface area contributed by atoms with Crippen LogP contribution in [-0.2, 0) is 16.1 Å². The molecule has 4 nitrogen and oxygen atoms in total. The van der Waals surface area contributed by atoms with Gasteiger partial charge in [0, 0.05) is 45.2 Å². The van der Waals surface area contributed by atoms with Gasteiger partial charge in [-0.2, -0.15) is 0 Å². The van der Waals surface area contributed by atoms with E-state index in [9.17, 15) is 0 Å². The fourth-order valence-electron chi connectivity index (χ4n) is 5.31. The number of rotatable bonds is 7. The SMILES string of the molecule is c1cc(COCC[C@H]2CCOC23CCN(CC2CCCC2)CC3)ccn1. The summed E-state index contributed by atoms with van der Waals surface area (Å²) in [5.74, 6) is 1.64. The molecule has 1 aliphatic carbocycles. The maximum Gasteiger partial charge on any atom is 0.0736 e. The average molecular weight is 359 g/mol. The summed E-state index contributed by atoms with van der Waals surface area (Å²) < 4.78 is 12.3. The van der Waals surface area contributed by atoms with E-state index in [1.807, 2.05) is 24.5 Å². The number of aromatic nitrogens is 1. The molecule has 3 fully saturated rings. The number of piperidine rings is 1. The van der Waals surface area contributed by atoms with Crippen molar-refractivity contribution in [1.82, 2.24) is 9.88 Å². The van der Waals surface area contributed by atoms with E-state index in [1.54, 1.807) is 0 Å². The molecule has 0 amide bonds. The van der Waals surface area contributed by atoms with Crippen LogP contribution in [0.4, 0.5) is 0 Å². The third-order valence-electron chi connectivity index (χ3n) is 6.92. The maximum atomic E-state index is 6.34. The first-order chi connectivity index (χ1) is 12.8. The van der Waals surface area contributed by atoms with Gasteiger partial charge < -0.3 is 14.4 Å². The number of likely N-dealkylation sites (tertiary alicyclic amines) is 1. The Balaban J connectivity index is 1.20. The van der Waals surface area contributed by atoms with Crippen LogP contribution in [0.3, 0.4) is 0 Å². The molecule has 1 atom stereocenters. The fourth-order valence-corrected chi connectivity index (χ4v) is 5.31. The summed E-state index contributed by atoms with van der Waals surface area (Å²) in [7, 11) is 0. The van der Waals surface area contributed by atoms with Crippen molar-refractivity contribution in [3.8, 4) is 0 Å². The van der Waals surface area contributed by atoms with Crippen molar-refractivity contribution in [2.45, 2.75) is 63.6 Å². The lowest BCUT2D eigenvalue weighted by molar-refractivity contribution is -0.0737. The summed E-state index contributed by atoms with van der Waals surface area (Å²) >= 11 is 0. The van der Waals surface area contributed by atoms with E-state index in [-0.39, 0.29) is 5.60 Å². The van der Waals surface area contributed by atoms with E-state index in [0.29, 0.717) is 12.5 Å². The Hall–Kier alpha value is -0.970. The van der Waals surface area contributed by atoms with Crippen LogP contribution in [0.25, 0.3) is 0 Å². The van der Waals surface area contributed by atoms with Crippen LogP contribution in [0.2, 0.25) is 0 Å². The van der Waals surface area contributed by atoms with Gasteiger partial charge in [0.1, 0.15) is 0 Å². The molecule has 2 aliphatic heterocycles. The molecular formula is C22H34N2O2. The zero-order valence-corrected chi connectivity index (χ0v) is 16.1. The minimum atomic E-state index is 0.145. The summed E-state index contributed by atoms with van der Waals surface area (Å²) in [6.45, 7) is 6.26. The predicted octanol–water partition coefficient (Wildman–Crippen LogP) is 4.05. The Morgan fingerprint density at radius 2 is 1.88 bits per heavy atom. The van der Waals surface area contributed by atoms with Gasteiger partial charge in [-0.3, -0.25) is 4.98 Å². The van der Waals surface area contributed by atoms with E-state index < -0.39 is 0 Å². The lowest BCUT2D eigenvalue weighted by atomic mass is 9.78. The van der Waals surface area contributed by atoms with Gasteiger partial charge in [0.15, 0.2) is 0 Å². The van der Waals surface area contributed by atoms with Gasteiger partial charge in [-0.15, -0.1) is 0 Å². The molecule has 0 radical (unpaired) electrons. The van der Waals surface area contributed by atoms with E-state index in [0.717, 1.165) is 25.6 Å². The van der Waals surface area contributed by atoms with E-state index in [1.165, 1.54) is 70.1 Å². The molecule has 3 aliphatic rings. The van der Waals surface area contributed by atoms with Crippen LogP contribution in [0.1, 0.15) is 56.9 Å². The Bertz CT molecular complexity index is 536. The normalized spacial score (nSPS) is 26.7. The molecule has 2 saturated heterocycles. The van der Waals surface area contributed by atoms with Crippen molar-refractivity contribution < 1.29 is 9.47 Å². The summed E-state index contributed by atoms with van der Waals surface area (Å²) in [6.07, 6.45) is 14.2. The summed E-state index contributed by atoms with van der Waals surface area (Å²) in [4.78, 5) is 6.76. The van der Waals surface area contributed by atoms with Crippen LogP contribution < -0.4 is 0 Å². The van der Waals surface area contributed by atoms with Gasteiger partial charge in [-0.25, -0.2) is 0 Å². The van der Waals surface area contributed by atoms with E-state index >= 15 is 0 Å². The number of hydrogen-bond donors (Lipinski definition) is 0. The third kappa shape index (κ3) is 4.47. The number of pyridine rings is 1. The van der Waals surface area contributed by atoms with Gasteiger partial charge in [-0.1, -0.05) is 12.8 Å². The Morgan fingerprint density at radius 3 is 2.65 bits per heavy atom. The van der Waals surface area contributed by atoms with Crippen molar-refractivity contribution in [3.63, 3.8) is 0 Å². The molecule has 0 unspecified atom stereocenters. The van der Waals surface area contributed by atoms with Crippen LogP contribution in [0, 0.1) is 11.8 Å². The monoisotopic (exact) mass is 358 g/mol. The van der Waals surface area contributed by atoms with E-state index in [4.69, 9.17) is 9.47 Å². The quantitative estimate of drug-likeness (QED) is 0.689. The zero-order valence-electron chi connectivity index (χ0n) is 16.1. The van der Waals surface area contributed by atoms with Gasteiger partial charge in [0.2, 0.25) is 0 Å². The molecular weight excluding hydrogens is 324 g/mol. The molecule has 4 rings (SSSR count). The van der Waals surface area contributed by atoms with Gasteiger partial charge in [-0.05, 0) is 68.1 Å². The number of nitrogens with zero attached hydrogens (tertiary/aromatic N) is 2. The molecule has 1 saturated carbocycles. The largest absolute Gasteiger partial charge is 0.377 e. The lowest BCUT2D eigenvalue weighted by Crippen LogP contribution is -2.48. The Morgan fingerprint density at radius 1 is 1.12 bits per heavy atom. The third-order valence-corrected chi connectivity index (χ3v) is 6.92. The van der Waals surface area contributed by atoms with Crippen molar-refractivity contribution in [2.24, 2.45) is 11.8 Å². The van der Waals surface area contributed by atoms with Crippen LogP contribution in [0.5, 0.6) is 0 Å². The molecule has 1 spiro atoms. The van der Waals surface area contributed by atoms with Crippen molar-refractivity contribution in [2.75, 3.05) is 32.8 Å². The molecule has 0 aromatic carbocycles. The van der Waals surface area contributed by atoms with Gasteiger partial charge >= 0.3 is 0 Å². The number of ether oxygens (including phenoxy) is 2. The maximum absolute atomic E-state index is 6.34. The standard InChI is InChI=1S/C22H34N2O2/c1-2-4-19(3-1)17-24-13-9-22(10-14-24)21(8-16-26-22)7-15-25-18-20-5-11-23-12-6-20/h5-6,11-12,19,21H,1-4,7-10,13-18H2/t21-/m0/s1. The summed E-state index contributed by atoms with van der Waals surface area (Å²) in [5, 5.41) is 0. The molecule has 4 heteroatoms. The highest BCUT2D eigenvalue weighted by Gasteiger charge is 2.45. The van der Waals surface area contributed by atoms with Gasteiger partial charge in [0.25, 0.3) is 0 Å². The summed E-state index contributed by atoms with van der Waals surface area (Å²) in [6, 6.07) is 4.06. The van der Waals surface area contributed by atoms with Gasteiger partial charge in [0.05, 0.1) is 12.2 Å². The second-order valence-electron chi connectivity index (χ2n) is 8.55. The molecule has 3 heterocycles. The summed E-state index contributed by atoms with van der Waals surface area (Å²) in [5.41, 5.74) is 1.35. The van der Waals surface area contributed by atoms with Crippen LogP contribution in [0.15, 0.2) is 24.5 Å². The van der Waals surface area contributed by atoms with Crippen LogP contribution in [-0.4, -0.2) is 48.3 Å². The highest BCUT2D eigenvalue weighted by atomic mass is 16.5. The molecule has 0 N–H and O–H groups in total. The Labute approximate surface area is 158 Å². The molecule has 26 heavy (non-hydrogen) atoms. The van der Waals surface area contributed by atoms with E-state index in [2.05, 4.69) is 9.88 Å². The molecule has 1 aromatic rings. The first-order valence-electron chi connectivity index (χ1n) is 10.7. The highest BCUT2D eigenvalue weighted by Crippen LogP contribution is 2.42. The minimum absolute atomic E-state index is 0.145. The highest BCUT2D eigenvalue weighted by molar-refractivity contribution is 5.07. The van der Waals surface area contributed by atoms with Crippen molar-refractivity contribution in [3.05, 3.63) is 30.1 Å². The second-order valence-corrected chi connectivity index (χ2v) is 8.55. The second kappa shape index (κ2) is 8.81.